The number of hydrogen-bond donors (Lipinski definition) is 1. The zero-order valence-corrected chi connectivity index (χ0v) is 15.6. The fourth-order valence-electron chi connectivity index (χ4n) is 2.22. The van der Waals surface area contributed by atoms with Crippen LogP contribution in [-0.2, 0) is 9.53 Å². The third-order valence-electron chi connectivity index (χ3n) is 3.45. The van der Waals surface area contributed by atoms with Crippen LogP contribution >= 0.6 is 0 Å². The lowest BCUT2D eigenvalue weighted by Crippen LogP contribution is -2.16. The predicted octanol–water partition coefficient (Wildman–Crippen LogP) is 5.21. The van der Waals surface area contributed by atoms with Gasteiger partial charge in [0.15, 0.2) is 5.76 Å². The van der Waals surface area contributed by atoms with E-state index in [1.54, 1.807) is 0 Å². The lowest BCUT2D eigenvalue weighted by molar-refractivity contribution is -0.385. The van der Waals surface area contributed by atoms with Crippen molar-refractivity contribution < 1.29 is 41.9 Å². The van der Waals surface area contributed by atoms with E-state index < -0.39 is 51.5 Å². The zero-order chi connectivity index (χ0) is 23.2. The van der Waals surface area contributed by atoms with Gasteiger partial charge >= 0.3 is 12.3 Å². The van der Waals surface area contributed by atoms with Crippen LogP contribution in [0.5, 0.6) is 5.75 Å². The van der Waals surface area contributed by atoms with E-state index in [2.05, 4.69) is 15.0 Å². The average Bonchev–Trinajstić information content (AvgIpc) is 2.68. The Bertz CT molecular complexity index is 1040. The number of azo groups is 1. The van der Waals surface area contributed by atoms with Crippen LogP contribution in [0.2, 0.25) is 0 Å². The van der Waals surface area contributed by atoms with Gasteiger partial charge in [0.1, 0.15) is 17.1 Å². The molecule has 0 heterocycles. The number of nitrogens with zero attached hydrogens (tertiary/aromatic N) is 3. The third kappa shape index (κ3) is 6.22. The molecule has 0 fully saturated rings. The van der Waals surface area contributed by atoms with Gasteiger partial charge in [0.25, 0.3) is 5.69 Å². The standard InChI is InChI=1S/C18H13F4N3O6/c1-2-30-17(27)15(16(26)14-12(19)4-3-5-13(14)25(28)29)24-23-10-6-8-11(9-7-10)31-18(20,21)22/h3-9,26H,2H2,1H3. The minimum atomic E-state index is -4.90. The quantitative estimate of drug-likeness (QED) is 0.119. The van der Waals surface area contributed by atoms with Gasteiger partial charge in [-0.05, 0) is 37.3 Å². The van der Waals surface area contributed by atoms with Crippen molar-refractivity contribution in [3.63, 3.8) is 0 Å². The number of nitro groups is 1. The fraction of sp³-hybridized carbons (Fsp3) is 0.167. The molecule has 0 aliphatic rings. The van der Waals surface area contributed by atoms with Gasteiger partial charge in [-0.1, -0.05) is 6.07 Å². The van der Waals surface area contributed by atoms with Crippen molar-refractivity contribution in [3.05, 3.63) is 69.7 Å². The monoisotopic (exact) mass is 443 g/mol. The molecule has 0 amide bonds. The van der Waals surface area contributed by atoms with E-state index in [1.807, 2.05) is 0 Å². The molecular formula is C18H13F4N3O6. The largest absolute Gasteiger partial charge is 0.573 e. The zero-order valence-electron chi connectivity index (χ0n) is 15.6. The molecule has 2 aromatic rings. The second-order valence-corrected chi connectivity index (χ2v) is 5.55. The number of esters is 1. The van der Waals surface area contributed by atoms with Crippen molar-refractivity contribution in [2.75, 3.05) is 6.61 Å². The minimum absolute atomic E-state index is 0.0767. The summed E-state index contributed by atoms with van der Waals surface area (Å²) >= 11 is 0. The van der Waals surface area contributed by atoms with Gasteiger partial charge in [-0.3, -0.25) is 10.1 Å². The van der Waals surface area contributed by atoms with Crippen LogP contribution in [0.1, 0.15) is 12.5 Å². The Kier molecular flexibility index (Phi) is 7.24. The second-order valence-electron chi connectivity index (χ2n) is 5.55. The number of carbonyl (C=O) groups excluding carboxylic acids is 1. The molecule has 164 valence electrons. The first-order chi connectivity index (χ1) is 14.5. The highest BCUT2D eigenvalue weighted by molar-refractivity contribution is 5.96. The number of hydrogen-bond acceptors (Lipinski definition) is 8. The van der Waals surface area contributed by atoms with Crippen LogP contribution in [0.4, 0.5) is 28.9 Å². The maximum atomic E-state index is 14.2. The van der Waals surface area contributed by atoms with E-state index in [1.165, 1.54) is 6.92 Å². The molecule has 9 nitrogen and oxygen atoms in total. The lowest BCUT2D eigenvalue weighted by atomic mass is 10.1. The first kappa shape index (κ1) is 23.3. The number of rotatable bonds is 7. The molecule has 0 aromatic heterocycles. The van der Waals surface area contributed by atoms with E-state index in [4.69, 9.17) is 4.74 Å². The van der Waals surface area contributed by atoms with Crippen LogP contribution < -0.4 is 4.74 Å². The predicted molar refractivity (Wildman–Crippen MR) is 96.9 cm³/mol. The van der Waals surface area contributed by atoms with Crippen molar-refractivity contribution in [1.82, 2.24) is 0 Å². The van der Waals surface area contributed by atoms with Crippen molar-refractivity contribution in [2.45, 2.75) is 13.3 Å². The smallest absolute Gasteiger partial charge is 0.505 e. The highest BCUT2D eigenvalue weighted by Crippen LogP contribution is 2.31. The molecule has 1 N–H and O–H groups in total. The van der Waals surface area contributed by atoms with Gasteiger partial charge in [0, 0.05) is 6.07 Å². The van der Waals surface area contributed by atoms with Crippen molar-refractivity contribution in [2.24, 2.45) is 10.2 Å². The van der Waals surface area contributed by atoms with E-state index in [0.29, 0.717) is 0 Å². The van der Waals surface area contributed by atoms with Crippen LogP contribution in [-0.4, -0.2) is 29.0 Å². The molecule has 0 saturated carbocycles. The van der Waals surface area contributed by atoms with Crippen LogP contribution in [0, 0.1) is 15.9 Å². The Morgan fingerprint density at radius 1 is 1.19 bits per heavy atom. The molecule has 0 unspecified atom stereocenters. The van der Waals surface area contributed by atoms with Crippen LogP contribution in [0.3, 0.4) is 0 Å². The molecule has 2 rings (SSSR count). The van der Waals surface area contributed by atoms with E-state index >= 15 is 0 Å². The van der Waals surface area contributed by atoms with E-state index in [9.17, 15) is 37.6 Å². The number of benzene rings is 2. The third-order valence-corrected chi connectivity index (χ3v) is 3.45. The molecule has 0 aliphatic carbocycles. The number of aliphatic hydroxyl groups is 1. The number of halogens is 4. The second kappa shape index (κ2) is 9.65. The van der Waals surface area contributed by atoms with Crippen LogP contribution in [0.15, 0.2) is 58.4 Å². The van der Waals surface area contributed by atoms with Crippen molar-refractivity contribution in [1.29, 1.82) is 0 Å². The normalized spacial score (nSPS) is 12.4. The summed E-state index contributed by atoms with van der Waals surface area (Å²) in [5.74, 6) is -4.22. The van der Waals surface area contributed by atoms with Gasteiger partial charge < -0.3 is 14.6 Å². The summed E-state index contributed by atoms with van der Waals surface area (Å²) < 4.78 is 59.2. The molecule has 31 heavy (non-hydrogen) atoms. The Morgan fingerprint density at radius 2 is 1.84 bits per heavy atom. The number of aliphatic hydroxyl groups excluding tert-OH is 1. The number of ether oxygens (including phenoxy) is 2. The molecule has 2 aromatic carbocycles. The summed E-state index contributed by atoms with van der Waals surface area (Å²) in [4.78, 5) is 22.3. The minimum Gasteiger partial charge on any atom is -0.505 e. The number of nitro benzene ring substituents is 1. The molecule has 0 atom stereocenters. The summed E-state index contributed by atoms with van der Waals surface area (Å²) in [6.45, 7) is 1.25. The molecule has 0 bridgehead atoms. The molecule has 0 aliphatic heterocycles. The average molecular weight is 443 g/mol. The maximum absolute atomic E-state index is 14.2. The molecular weight excluding hydrogens is 430 g/mol. The van der Waals surface area contributed by atoms with Gasteiger partial charge in [-0.2, -0.15) is 5.11 Å². The fourth-order valence-corrected chi connectivity index (χ4v) is 2.22. The number of alkyl halides is 3. The van der Waals surface area contributed by atoms with E-state index in [-0.39, 0.29) is 12.3 Å². The highest BCUT2D eigenvalue weighted by atomic mass is 19.4. The lowest BCUT2D eigenvalue weighted by Gasteiger charge is -2.08. The van der Waals surface area contributed by atoms with E-state index in [0.717, 1.165) is 42.5 Å². The van der Waals surface area contributed by atoms with Gasteiger partial charge in [-0.25, -0.2) is 9.18 Å². The highest BCUT2D eigenvalue weighted by Gasteiger charge is 2.31. The molecule has 13 heteroatoms. The Hall–Kier alpha value is -4.03. The first-order valence-electron chi connectivity index (χ1n) is 8.34. The first-order valence-corrected chi connectivity index (χ1v) is 8.34. The summed E-state index contributed by atoms with van der Waals surface area (Å²) in [7, 11) is 0. The Labute approximate surface area is 171 Å². The number of carbonyl (C=O) groups is 1. The summed E-state index contributed by atoms with van der Waals surface area (Å²) in [6, 6.07) is 6.67. The summed E-state index contributed by atoms with van der Waals surface area (Å²) in [5.41, 5.74) is -2.79. The molecule has 0 radical (unpaired) electrons. The molecule has 0 spiro atoms. The van der Waals surface area contributed by atoms with Crippen molar-refractivity contribution in [3.8, 4) is 5.75 Å². The van der Waals surface area contributed by atoms with Crippen LogP contribution in [0.25, 0.3) is 5.76 Å². The SMILES string of the molecule is CCOC(=O)C(N=Nc1ccc(OC(F)(F)F)cc1)=C(O)c1c(F)cccc1[N+](=O)[O-]. The molecule has 0 saturated heterocycles. The van der Waals surface area contributed by atoms with Crippen molar-refractivity contribution >= 4 is 23.1 Å². The topological polar surface area (TPSA) is 124 Å². The van der Waals surface area contributed by atoms with Gasteiger partial charge in [-0.15, -0.1) is 18.3 Å². The Morgan fingerprint density at radius 3 is 2.39 bits per heavy atom. The van der Waals surface area contributed by atoms with Gasteiger partial charge in [0.05, 0.1) is 17.2 Å². The summed E-state index contributed by atoms with van der Waals surface area (Å²) in [5, 5.41) is 28.6. The van der Waals surface area contributed by atoms with Gasteiger partial charge in [0.2, 0.25) is 5.70 Å². The Balaban J connectivity index is 2.49. The maximum Gasteiger partial charge on any atom is 0.573 e. The summed E-state index contributed by atoms with van der Waals surface area (Å²) in [6.07, 6.45) is -4.90.